The summed E-state index contributed by atoms with van der Waals surface area (Å²) in [5, 5.41) is 3.09. The van der Waals surface area contributed by atoms with Crippen LogP contribution >= 0.6 is 0 Å². The van der Waals surface area contributed by atoms with E-state index in [0.29, 0.717) is 32.1 Å². The fourth-order valence-electron chi connectivity index (χ4n) is 4.74. The molecule has 0 spiro atoms. The topological polar surface area (TPSA) is 79.7 Å². The molecule has 1 aliphatic rings. The van der Waals surface area contributed by atoms with Gasteiger partial charge in [0.2, 0.25) is 17.8 Å². The molecule has 1 aromatic heterocycles. The number of para-hydroxylation sites is 3. The first-order valence-electron chi connectivity index (χ1n) is 13.0. The number of amides is 2. The number of carbonyl (C=O) groups excluding carboxylic acids is 2. The number of likely N-dealkylation sites (N-methyl/N-ethyl adjacent to an activating group) is 1. The molecule has 2 aromatic carbocycles. The Balaban J connectivity index is 1.37. The molecule has 1 fully saturated rings. The van der Waals surface area contributed by atoms with Crippen LogP contribution in [0.4, 0.5) is 5.95 Å². The number of nitrogens with one attached hydrogen (secondary N) is 1. The van der Waals surface area contributed by atoms with E-state index in [4.69, 9.17) is 9.72 Å². The Morgan fingerprint density at radius 1 is 1.08 bits per heavy atom. The van der Waals surface area contributed by atoms with Gasteiger partial charge in [0.25, 0.3) is 0 Å². The molecule has 8 heteroatoms. The summed E-state index contributed by atoms with van der Waals surface area (Å²) in [7, 11) is 0. The lowest BCUT2D eigenvalue weighted by atomic mass is 9.97. The second kappa shape index (κ2) is 12.5. The van der Waals surface area contributed by atoms with Gasteiger partial charge in [0.15, 0.2) is 0 Å². The summed E-state index contributed by atoms with van der Waals surface area (Å²) in [6.07, 6.45) is 1.86. The Morgan fingerprint density at radius 3 is 2.61 bits per heavy atom. The van der Waals surface area contributed by atoms with Gasteiger partial charge < -0.3 is 19.1 Å². The molecule has 2 heterocycles. The summed E-state index contributed by atoms with van der Waals surface area (Å²) in [4.78, 5) is 34.9. The first-order valence-corrected chi connectivity index (χ1v) is 13.0. The fraction of sp³-hybridized carbons (Fsp3) is 0.464. The van der Waals surface area contributed by atoms with Crippen LogP contribution in [0.5, 0.6) is 5.75 Å². The smallest absolute Gasteiger partial charge is 0.231 e. The number of anilines is 1. The van der Waals surface area contributed by atoms with Gasteiger partial charge in [-0.2, -0.15) is 0 Å². The fourth-order valence-corrected chi connectivity index (χ4v) is 4.74. The number of hydrogen-bond acceptors (Lipinski definition) is 5. The van der Waals surface area contributed by atoms with Crippen LogP contribution in [0, 0.1) is 5.92 Å². The van der Waals surface area contributed by atoms with E-state index in [-0.39, 0.29) is 17.7 Å². The van der Waals surface area contributed by atoms with Gasteiger partial charge in [0, 0.05) is 26.2 Å². The third kappa shape index (κ3) is 6.43. The SMILES string of the molecule is CCN(CC)CCn1c(NC(=O)[C@@H]2CCCN(C(=O)CCOc3ccccc3)C2)nc2ccccc21. The highest BCUT2D eigenvalue weighted by molar-refractivity contribution is 5.93. The standard InChI is InChI=1S/C28H37N5O3/c1-3-31(4-2)18-19-33-25-15-9-8-14-24(25)29-28(33)30-27(35)22-11-10-17-32(21-22)26(34)16-20-36-23-12-6-5-7-13-23/h5-9,12-15,22H,3-4,10-11,16-21H2,1-2H3,(H,29,30,35)/t22-/m1/s1. The third-order valence-corrected chi connectivity index (χ3v) is 6.90. The Labute approximate surface area is 213 Å². The van der Waals surface area contributed by atoms with Crippen LogP contribution in [0.25, 0.3) is 11.0 Å². The van der Waals surface area contributed by atoms with Gasteiger partial charge in [-0.1, -0.05) is 44.2 Å². The average Bonchev–Trinajstić information content (AvgIpc) is 3.26. The van der Waals surface area contributed by atoms with Gasteiger partial charge >= 0.3 is 0 Å². The number of piperidine rings is 1. The van der Waals surface area contributed by atoms with E-state index < -0.39 is 0 Å². The van der Waals surface area contributed by atoms with Crippen LogP contribution in [-0.2, 0) is 16.1 Å². The Bertz CT molecular complexity index is 1140. The van der Waals surface area contributed by atoms with Crippen molar-refractivity contribution in [3.05, 3.63) is 54.6 Å². The molecular weight excluding hydrogens is 454 g/mol. The average molecular weight is 492 g/mol. The number of aromatic nitrogens is 2. The molecule has 0 radical (unpaired) electrons. The van der Waals surface area contributed by atoms with E-state index >= 15 is 0 Å². The van der Waals surface area contributed by atoms with Crippen molar-refractivity contribution in [2.75, 3.05) is 44.6 Å². The van der Waals surface area contributed by atoms with E-state index in [1.807, 2.05) is 54.6 Å². The molecule has 2 amide bonds. The number of nitrogens with zero attached hydrogens (tertiary/aromatic N) is 4. The summed E-state index contributed by atoms with van der Waals surface area (Å²) in [5.41, 5.74) is 1.88. The molecule has 0 unspecified atom stereocenters. The van der Waals surface area contributed by atoms with E-state index in [1.165, 1.54) is 0 Å². The van der Waals surface area contributed by atoms with Gasteiger partial charge in [-0.15, -0.1) is 0 Å². The first kappa shape index (κ1) is 25.7. The molecule has 1 N–H and O–H groups in total. The molecule has 0 aliphatic carbocycles. The number of imidazole rings is 1. The Morgan fingerprint density at radius 2 is 1.83 bits per heavy atom. The summed E-state index contributed by atoms with van der Waals surface area (Å²) < 4.78 is 7.77. The molecule has 36 heavy (non-hydrogen) atoms. The summed E-state index contributed by atoms with van der Waals surface area (Å²) in [6, 6.07) is 17.5. The van der Waals surface area contributed by atoms with Crippen molar-refractivity contribution in [1.82, 2.24) is 19.4 Å². The third-order valence-electron chi connectivity index (χ3n) is 6.90. The number of benzene rings is 2. The lowest BCUT2D eigenvalue weighted by Crippen LogP contribution is -2.44. The number of rotatable bonds is 11. The Hall–Kier alpha value is -3.39. The minimum Gasteiger partial charge on any atom is -0.493 e. The van der Waals surface area contributed by atoms with Crippen molar-refractivity contribution in [1.29, 1.82) is 0 Å². The highest BCUT2D eigenvalue weighted by atomic mass is 16.5. The van der Waals surface area contributed by atoms with Crippen molar-refractivity contribution >= 4 is 28.8 Å². The summed E-state index contributed by atoms with van der Waals surface area (Å²) >= 11 is 0. The predicted octanol–water partition coefficient (Wildman–Crippen LogP) is 4.02. The monoisotopic (exact) mass is 491 g/mol. The van der Waals surface area contributed by atoms with Gasteiger partial charge in [-0.25, -0.2) is 4.98 Å². The maximum absolute atomic E-state index is 13.3. The zero-order valence-electron chi connectivity index (χ0n) is 21.4. The molecule has 1 aliphatic heterocycles. The van der Waals surface area contributed by atoms with Crippen LogP contribution in [-0.4, -0.2) is 70.5 Å². The largest absolute Gasteiger partial charge is 0.493 e. The molecular formula is C28H37N5O3. The van der Waals surface area contributed by atoms with E-state index in [2.05, 4.69) is 28.6 Å². The lowest BCUT2D eigenvalue weighted by molar-refractivity contribution is -0.135. The highest BCUT2D eigenvalue weighted by Gasteiger charge is 2.29. The van der Waals surface area contributed by atoms with Crippen molar-refractivity contribution in [3.8, 4) is 5.75 Å². The zero-order valence-corrected chi connectivity index (χ0v) is 21.4. The molecule has 1 atom stereocenters. The maximum atomic E-state index is 13.3. The van der Waals surface area contributed by atoms with E-state index in [1.54, 1.807) is 4.90 Å². The number of fused-ring (bicyclic) bond motifs is 1. The van der Waals surface area contributed by atoms with Gasteiger partial charge in [0.1, 0.15) is 5.75 Å². The van der Waals surface area contributed by atoms with Crippen molar-refractivity contribution < 1.29 is 14.3 Å². The second-order valence-corrected chi connectivity index (χ2v) is 9.18. The molecule has 0 saturated carbocycles. The molecule has 192 valence electrons. The van der Waals surface area contributed by atoms with Crippen LogP contribution in [0.3, 0.4) is 0 Å². The van der Waals surface area contributed by atoms with Gasteiger partial charge in [-0.3, -0.25) is 14.9 Å². The predicted molar refractivity (Wildman–Crippen MR) is 142 cm³/mol. The van der Waals surface area contributed by atoms with Crippen molar-refractivity contribution in [2.45, 2.75) is 39.7 Å². The van der Waals surface area contributed by atoms with Crippen molar-refractivity contribution in [2.24, 2.45) is 5.92 Å². The molecule has 8 nitrogen and oxygen atoms in total. The van der Waals surface area contributed by atoms with Crippen LogP contribution in [0.1, 0.15) is 33.1 Å². The lowest BCUT2D eigenvalue weighted by Gasteiger charge is -2.32. The highest BCUT2D eigenvalue weighted by Crippen LogP contribution is 2.23. The summed E-state index contributed by atoms with van der Waals surface area (Å²) in [5.74, 6) is 1.02. The normalized spacial score (nSPS) is 15.9. The number of ether oxygens (including phenoxy) is 1. The quantitative estimate of drug-likeness (QED) is 0.438. The van der Waals surface area contributed by atoms with E-state index in [0.717, 1.165) is 55.8 Å². The van der Waals surface area contributed by atoms with Crippen molar-refractivity contribution in [3.63, 3.8) is 0 Å². The minimum absolute atomic E-state index is 0.0230. The molecule has 3 aromatic rings. The second-order valence-electron chi connectivity index (χ2n) is 9.18. The number of carbonyl (C=O) groups is 2. The molecule has 1 saturated heterocycles. The van der Waals surface area contributed by atoms with E-state index in [9.17, 15) is 9.59 Å². The molecule has 0 bridgehead atoms. The number of hydrogen-bond donors (Lipinski definition) is 1. The zero-order chi connectivity index (χ0) is 25.3. The van der Waals surface area contributed by atoms with Gasteiger partial charge in [-0.05, 0) is 50.2 Å². The first-order chi connectivity index (χ1) is 17.6. The van der Waals surface area contributed by atoms with Crippen LogP contribution in [0.2, 0.25) is 0 Å². The number of likely N-dealkylation sites (tertiary alicyclic amines) is 1. The maximum Gasteiger partial charge on any atom is 0.231 e. The van der Waals surface area contributed by atoms with Crippen LogP contribution in [0.15, 0.2) is 54.6 Å². The molecule has 4 rings (SSSR count). The Kier molecular flexibility index (Phi) is 8.95. The van der Waals surface area contributed by atoms with Gasteiger partial charge in [0.05, 0.1) is 30.0 Å². The minimum atomic E-state index is -0.256. The van der Waals surface area contributed by atoms with Crippen LogP contribution < -0.4 is 10.1 Å². The summed E-state index contributed by atoms with van der Waals surface area (Å²) in [6.45, 7) is 9.32.